The molecule has 158 valence electrons. The van der Waals surface area contributed by atoms with Gasteiger partial charge in [0, 0.05) is 0 Å². The molecule has 2 aromatic carbocycles. The molecule has 0 heterocycles. The van der Waals surface area contributed by atoms with Gasteiger partial charge in [-0.1, -0.05) is 41.5 Å². The molecule has 3 rings (SSSR count). The number of nitrogens with zero attached hydrogens (tertiary/aromatic N) is 3. The molecule has 0 saturated carbocycles. The number of hydrogen-bond acceptors (Lipinski definition) is 0. The second-order valence-corrected chi connectivity index (χ2v) is 7.07. The SMILES string of the molecule is CC[N-]CC.CC[N-]CC.CC[N-]CC.[Ti+3][c]1cccc2c1Cc1ccccc1-2. The van der Waals surface area contributed by atoms with Gasteiger partial charge in [0.15, 0.2) is 0 Å². The van der Waals surface area contributed by atoms with Gasteiger partial charge in [0.2, 0.25) is 0 Å². The van der Waals surface area contributed by atoms with Gasteiger partial charge in [-0.05, 0) is 0 Å². The van der Waals surface area contributed by atoms with Gasteiger partial charge in [-0.15, -0.1) is 0 Å². The number of rotatable bonds is 6. The first-order valence-electron chi connectivity index (χ1n) is 10.9. The normalized spacial score (nSPS) is 10.3. The average Bonchev–Trinajstić information content (AvgIpc) is 3.12. The summed E-state index contributed by atoms with van der Waals surface area (Å²) in [4.78, 5) is 0. The summed E-state index contributed by atoms with van der Waals surface area (Å²) >= 11 is 2.20. The first-order valence-corrected chi connectivity index (χ1v) is 11.7. The Balaban J connectivity index is 0.000000439. The van der Waals surface area contributed by atoms with E-state index in [0.29, 0.717) is 0 Å². The van der Waals surface area contributed by atoms with Crippen molar-refractivity contribution >= 4 is 3.87 Å². The molecule has 1 aliphatic carbocycles. The maximum atomic E-state index is 3.97. The number of benzene rings is 2. The first-order chi connectivity index (χ1) is 14.1. The zero-order valence-electron chi connectivity index (χ0n) is 19.3. The Morgan fingerprint density at radius 3 is 1.52 bits per heavy atom. The van der Waals surface area contributed by atoms with Crippen LogP contribution in [0.5, 0.6) is 0 Å². The van der Waals surface area contributed by atoms with Crippen LogP contribution in [0.3, 0.4) is 0 Å². The molecule has 4 heteroatoms. The van der Waals surface area contributed by atoms with Gasteiger partial charge >= 0.3 is 95.4 Å². The van der Waals surface area contributed by atoms with E-state index in [1.807, 2.05) is 41.5 Å². The van der Waals surface area contributed by atoms with E-state index in [4.69, 9.17) is 0 Å². The molecule has 0 N–H and O–H groups in total. The quantitative estimate of drug-likeness (QED) is 0.395. The van der Waals surface area contributed by atoms with Crippen molar-refractivity contribution in [2.75, 3.05) is 39.3 Å². The van der Waals surface area contributed by atoms with Crippen molar-refractivity contribution in [2.45, 2.75) is 48.0 Å². The van der Waals surface area contributed by atoms with Gasteiger partial charge in [0.05, 0.1) is 0 Å². The van der Waals surface area contributed by atoms with Crippen molar-refractivity contribution in [1.82, 2.24) is 0 Å². The van der Waals surface area contributed by atoms with E-state index in [1.54, 1.807) is 0 Å². The van der Waals surface area contributed by atoms with E-state index < -0.39 is 0 Å². The monoisotopic (exact) mass is 429 g/mol. The molecule has 0 saturated heterocycles. The van der Waals surface area contributed by atoms with Gasteiger partial charge < -0.3 is 16.0 Å². The molecule has 0 atom stereocenters. The number of fused-ring (bicyclic) bond motifs is 3. The summed E-state index contributed by atoms with van der Waals surface area (Å²) in [6, 6.07) is 15.3. The van der Waals surface area contributed by atoms with Crippen molar-refractivity contribution in [2.24, 2.45) is 0 Å². The summed E-state index contributed by atoms with van der Waals surface area (Å²) in [5.74, 6) is 0. The third kappa shape index (κ3) is 11.7. The molecule has 0 aliphatic heterocycles. The molecule has 3 nitrogen and oxygen atoms in total. The summed E-state index contributed by atoms with van der Waals surface area (Å²) in [5, 5.41) is 11.9. The predicted octanol–water partition coefficient (Wildman–Crippen LogP) is 6.63. The van der Waals surface area contributed by atoms with Crippen molar-refractivity contribution in [1.29, 1.82) is 0 Å². The summed E-state index contributed by atoms with van der Waals surface area (Å²) in [6.07, 6.45) is 1.11. The average molecular weight is 429 g/mol. The van der Waals surface area contributed by atoms with Crippen molar-refractivity contribution in [3.8, 4) is 11.1 Å². The van der Waals surface area contributed by atoms with Gasteiger partial charge in [-0.2, -0.15) is 39.3 Å². The van der Waals surface area contributed by atoms with Crippen LogP contribution in [0.1, 0.15) is 52.7 Å². The molecule has 0 fully saturated rings. The molecule has 0 unspecified atom stereocenters. The fourth-order valence-electron chi connectivity index (χ4n) is 2.83. The Kier molecular flexibility index (Phi) is 18.4. The topological polar surface area (TPSA) is 42.3 Å². The van der Waals surface area contributed by atoms with Crippen LogP contribution < -0.4 is 3.87 Å². The van der Waals surface area contributed by atoms with Gasteiger partial charge in [-0.25, -0.2) is 0 Å². The van der Waals surface area contributed by atoms with E-state index in [2.05, 4.69) is 78.9 Å². The van der Waals surface area contributed by atoms with E-state index in [1.165, 1.54) is 26.1 Å². The molecule has 2 aromatic rings. The second-order valence-electron chi connectivity index (χ2n) is 6.23. The Bertz CT molecular complexity index is 623. The minimum atomic E-state index is 0.969. The second kappa shape index (κ2) is 19.0. The summed E-state index contributed by atoms with van der Waals surface area (Å²) in [6.45, 7) is 18.1. The molecule has 0 radical (unpaired) electrons. The third-order valence-corrected chi connectivity index (χ3v) is 4.92. The van der Waals surface area contributed by atoms with E-state index in [9.17, 15) is 0 Å². The fourth-order valence-corrected chi connectivity index (χ4v) is 3.33. The van der Waals surface area contributed by atoms with Crippen LogP contribution in [-0.4, -0.2) is 39.3 Å². The molecule has 0 spiro atoms. The fraction of sp³-hybridized carbons (Fsp3) is 0.520. The van der Waals surface area contributed by atoms with Crippen LogP contribution in [0.15, 0.2) is 42.5 Å². The van der Waals surface area contributed by atoms with Gasteiger partial charge in [-0.3, -0.25) is 0 Å². The van der Waals surface area contributed by atoms with Crippen LogP contribution in [0, 0.1) is 0 Å². The van der Waals surface area contributed by atoms with Crippen molar-refractivity contribution in [3.05, 3.63) is 69.5 Å². The van der Waals surface area contributed by atoms with Crippen LogP contribution in [0.2, 0.25) is 0 Å². The zero-order chi connectivity index (χ0) is 21.9. The summed E-state index contributed by atoms with van der Waals surface area (Å²) in [5.41, 5.74) is 5.83. The summed E-state index contributed by atoms with van der Waals surface area (Å²) in [7, 11) is 0. The van der Waals surface area contributed by atoms with Crippen molar-refractivity contribution in [3.63, 3.8) is 0 Å². The Morgan fingerprint density at radius 2 is 1.07 bits per heavy atom. The van der Waals surface area contributed by atoms with E-state index >= 15 is 0 Å². The third-order valence-electron chi connectivity index (χ3n) is 4.19. The van der Waals surface area contributed by atoms with Crippen LogP contribution >= 0.6 is 0 Å². The standard InChI is InChI=1S/C13H9.3C4H10N.Ti/c1-3-7-12-10(5-1)9-11-6-2-4-8-13(11)12;3*1-3-5-4-2;/h1-5,7-8H,9H2;3*3-4H2,1-2H3;/q;3*-1;+3. The molecular formula is C25H39N3Ti. The predicted molar refractivity (Wildman–Crippen MR) is 128 cm³/mol. The molecule has 0 bridgehead atoms. The van der Waals surface area contributed by atoms with Crippen molar-refractivity contribution < 1.29 is 20.4 Å². The first kappa shape index (κ1) is 28.0. The number of hydrogen-bond donors (Lipinski definition) is 0. The Labute approximate surface area is 191 Å². The van der Waals surface area contributed by atoms with E-state index in [0.717, 1.165) is 45.7 Å². The molecule has 0 amide bonds. The molecule has 29 heavy (non-hydrogen) atoms. The molecule has 0 aromatic heterocycles. The van der Waals surface area contributed by atoms with Crippen LogP contribution in [-0.2, 0) is 26.9 Å². The van der Waals surface area contributed by atoms with E-state index in [-0.39, 0.29) is 0 Å². The zero-order valence-corrected chi connectivity index (χ0v) is 20.9. The molecule has 1 aliphatic rings. The van der Waals surface area contributed by atoms with Crippen LogP contribution in [0.4, 0.5) is 0 Å². The van der Waals surface area contributed by atoms with Crippen LogP contribution in [0.25, 0.3) is 27.1 Å². The Hall–Kier alpha value is -0.966. The van der Waals surface area contributed by atoms with Gasteiger partial charge in [0.1, 0.15) is 0 Å². The molecular weight excluding hydrogens is 390 g/mol. The van der Waals surface area contributed by atoms with Gasteiger partial charge in [0.25, 0.3) is 0 Å². The Morgan fingerprint density at radius 1 is 0.621 bits per heavy atom. The summed E-state index contributed by atoms with van der Waals surface area (Å²) < 4.78 is 1.42. The minimum absolute atomic E-state index is 0.969. The maximum absolute atomic E-state index is 3.97.